The number of aromatic nitrogens is 1. The van der Waals surface area contributed by atoms with Crippen LogP contribution in [0, 0.1) is 5.92 Å². The number of carbonyl (C=O) groups is 1. The van der Waals surface area contributed by atoms with E-state index in [1.165, 1.54) is 0 Å². The Labute approximate surface area is 127 Å². The second-order valence-electron chi connectivity index (χ2n) is 6.10. The van der Waals surface area contributed by atoms with Gasteiger partial charge in [-0.1, -0.05) is 39.3 Å². The number of carbonyl (C=O) groups excluding carboxylic acids is 1. The third-order valence-corrected chi connectivity index (χ3v) is 3.42. The lowest BCUT2D eigenvalue weighted by Gasteiger charge is -2.16. The first-order valence-corrected chi connectivity index (χ1v) is 7.65. The molecule has 1 unspecified atom stereocenters. The Morgan fingerprint density at radius 3 is 2.40 bits per heavy atom. The number of hydrogen-bond donors (Lipinski definition) is 1. The third kappa shape index (κ3) is 5.49. The molecule has 1 aromatic rings. The van der Waals surface area contributed by atoms with E-state index in [1.807, 2.05) is 26.8 Å². The first kappa shape index (κ1) is 17.0. The van der Waals surface area contributed by atoms with E-state index in [0.717, 1.165) is 18.5 Å². The van der Waals surface area contributed by atoms with Crippen LogP contribution in [-0.2, 0) is 0 Å². The Morgan fingerprint density at radius 2 is 1.85 bits per heavy atom. The molecule has 0 radical (unpaired) electrons. The normalized spacial score (nSPS) is 12.8. The van der Waals surface area contributed by atoms with Crippen molar-refractivity contribution < 1.29 is 4.79 Å². The molecule has 20 heavy (non-hydrogen) atoms. The van der Waals surface area contributed by atoms with E-state index in [2.05, 4.69) is 24.1 Å². The lowest BCUT2D eigenvalue weighted by atomic mass is 10.0. The predicted molar refractivity (Wildman–Crippen MR) is 84.3 cm³/mol. The number of hydrogen-bond acceptors (Lipinski definition) is 2. The molecule has 112 valence electrons. The van der Waals surface area contributed by atoms with Crippen LogP contribution in [0.4, 0.5) is 0 Å². The molecule has 1 N–H and O–H groups in total. The highest BCUT2D eigenvalue weighted by molar-refractivity contribution is 6.29. The average Bonchev–Trinajstić information content (AvgIpc) is 2.35. The summed E-state index contributed by atoms with van der Waals surface area (Å²) in [5.74, 6) is 0.823. The molecule has 0 saturated heterocycles. The summed E-state index contributed by atoms with van der Waals surface area (Å²) in [6.45, 7) is 10.5. The third-order valence-electron chi connectivity index (χ3n) is 3.22. The zero-order valence-electron chi connectivity index (χ0n) is 13.0. The van der Waals surface area contributed by atoms with Crippen molar-refractivity contribution in [2.75, 3.05) is 0 Å². The highest BCUT2D eigenvalue weighted by atomic mass is 35.5. The maximum Gasteiger partial charge on any atom is 0.251 e. The Hall–Kier alpha value is -1.09. The maximum absolute atomic E-state index is 12.2. The Morgan fingerprint density at radius 1 is 1.20 bits per heavy atom. The number of halogens is 1. The minimum absolute atomic E-state index is 0.0764. The van der Waals surface area contributed by atoms with Crippen molar-refractivity contribution in [2.45, 2.75) is 59.4 Å². The fourth-order valence-corrected chi connectivity index (χ4v) is 2.12. The molecule has 0 aromatic carbocycles. The van der Waals surface area contributed by atoms with Crippen molar-refractivity contribution in [3.8, 4) is 0 Å². The summed E-state index contributed by atoms with van der Waals surface area (Å²) >= 11 is 5.99. The summed E-state index contributed by atoms with van der Waals surface area (Å²) in [6, 6.07) is 3.61. The Balaban J connectivity index is 2.72. The lowest BCUT2D eigenvalue weighted by Crippen LogP contribution is -2.32. The minimum atomic E-state index is -0.0764. The quantitative estimate of drug-likeness (QED) is 0.790. The molecule has 3 nitrogen and oxygen atoms in total. The van der Waals surface area contributed by atoms with Gasteiger partial charge in [0.05, 0.1) is 0 Å². The van der Waals surface area contributed by atoms with Gasteiger partial charge in [0.15, 0.2) is 0 Å². The van der Waals surface area contributed by atoms with E-state index in [1.54, 1.807) is 6.07 Å². The van der Waals surface area contributed by atoms with Crippen LogP contribution in [0.2, 0.25) is 5.15 Å². The molecule has 1 rings (SSSR count). The van der Waals surface area contributed by atoms with Gasteiger partial charge in [-0.15, -0.1) is 0 Å². The van der Waals surface area contributed by atoms with Gasteiger partial charge in [-0.25, -0.2) is 4.98 Å². The van der Waals surface area contributed by atoms with Crippen LogP contribution >= 0.6 is 11.6 Å². The van der Waals surface area contributed by atoms with Crippen LogP contribution < -0.4 is 5.32 Å². The zero-order chi connectivity index (χ0) is 15.3. The SMILES string of the molecule is CC(C)CCC(C)NC(=O)c1cc(Cl)nc(C(C)C)c1. The summed E-state index contributed by atoms with van der Waals surface area (Å²) in [6.07, 6.45) is 2.09. The second-order valence-corrected chi connectivity index (χ2v) is 6.49. The van der Waals surface area contributed by atoms with Crippen LogP contribution in [0.1, 0.15) is 69.4 Å². The first-order valence-electron chi connectivity index (χ1n) is 7.28. The van der Waals surface area contributed by atoms with E-state index in [4.69, 9.17) is 11.6 Å². The number of nitrogens with one attached hydrogen (secondary N) is 1. The standard InChI is InChI=1S/C16H25ClN2O/c1-10(2)6-7-12(5)18-16(20)13-8-14(11(3)4)19-15(17)9-13/h8-12H,6-7H2,1-5H3,(H,18,20). The van der Waals surface area contributed by atoms with Crippen molar-refractivity contribution in [1.82, 2.24) is 10.3 Å². The number of pyridine rings is 1. The van der Waals surface area contributed by atoms with E-state index in [9.17, 15) is 4.79 Å². The molecule has 0 spiro atoms. The number of rotatable bonds is 6. The molecule has 0 fully saturated rings. The number of amides is 1. The first-order chi connectivity index (χ1) is 9.29. The maximum atomic E-state index is 12.2. The Kier molecular flexibility index (Phi) is 6.47. The van der Waals surface area contributed by atoms with Crippen LogP contribution in [0.15, 0.2) is 12.1 Å². The van der Waals surface area contributed by atoms with E-state index in [0.29, 0.717) is 16.6 Å². The molecule has 0 bridgehead atoms. The molecule has 1 amide bonds. The highest BCUT2D eigenvalue weighted by Crippen LogP contribution is 2.18. The van der Waals surface area contributed by atoms with Gasteiger partial charge < -0.3 is 5.32 Å². The van der Waals surface area contributed by atoms with E-state index >= 15 is 0 Å². The molecule has 0 aliphatic heterocycles. The summed E-state index contributed by atoms with van der Waals surface area (Å²) in [7, 11) is 0. The van der Waals surface area contributed by atoms with Gasteiger partial charge in [-0.2, -0.15) is 0 Å². The molecule has 1 heterocycles. The van der Waals surface area contributed by atoms with Crippen molar-refractivity contribution in [3.63, 3.8) is 0 Å². The summed E-state index contributed by atoms with van der Waals surface area (Å²) in [4.78, 5) is 16.5. The van der Waals surface area contributed by atoms with Crippen molar-refractivity contribution in [2.24, 2.45) is 5.92 Å². The van der Waals surface area contributed by atoms with E-state index in [-0.39, 0.29) is 17.9 Å². The van der Waals surface area contributed by atoms with Gasteiger partial charge in [0.2, 0.25) is 0 Å². The van der Waals surface area contributed by atoms with Crippen molar-refractivity contribution >= 4 is 17.5 Å². The van der Waals surface area contributed by atoms with Crippen LogP contribution in [0.25, 0.3) is 0 Å². The molecule has 0 aliphatic carbocycles. The molecule has 1 aromatic heterocycles. The van der Waals surface area contributed by atoms with Gasteiger partial charge >= 0.3 is 0 Å². The highest BCUT2D eigenvalue weighted by Gasteiger charge is 2.13. The fraction of sp³-hybridized carbons (Fsp3) is 0.625. The van der Waals surface area contributed by atoms with Gasteiger partial charge in [0.1, 0.15) is 5.15 Å². The molecule has 0 aliphatic rings. The zero-order valence-corrected chi connectivity index (χ0v) is 13.8. The largest absolute Gasteiger partial charge is 0.350 e. The number of nitrogens with zero attached hydrogens (tertiary/aromatic N) is 1. The second kappa shape index (κ2) is 7.63. The van der Waals surface area contributed by atoms with Crippen molar-refractivity contribution in [3.05, 3.63) is 28.5 Å². The lowest BCUT2D eigenvalue weighted by molar-refractivity contribution is 0.0937. The van der Waals surface area contributed by atoms with Crippen LogP contribution in [-0.4, -0.2) is 16.9 Å². The van der Waals surface area contributed by atoms with Crippen molar-refractivity contribution in [1.29, 1.82) is 0 Å². The molecule has 4 heteroatoms. The van der Waals surface area contributed by atoms with Gasteiger partial charge in [-0.3, -0.25) is 4.79 Å². The minimum Gasteiger partial charge on any atom is -0.350 e. The topological polar surface area (TPSA) is 42.0 Å². The average molecular weight is 297 g/mol. The predicted octanol–water partition coefficient (Wildman–Crippen LogP) is 4.41. The van der Waals surface area contributed by atoms with Crippen LogP contribution in [0.3, 0.4) is 0 Å². The van der Waals surface area contributed by atoms with E-state index < -0.39 is 0 Å². The summed E-state index contributed by atoms with van der Waals surface area (Å²) in [5, 5.41) is 3.39. The summed E-state index contributed by atoms with van der Waals surface area (Å²) in [5.41, 5.74) is 1.43. The molecular weight excluding hydrogens is 272 g/mol. The Bertz CT molecular complexity index is 458. The van der Waals surface area contributed by atoms with Crippen LogP contribution in [0.5, 0.6) is 0 Å². The monoisotopic (exact) mass is 296 g/mol. The molecule has 1 atom stereocenters. The van der Waals surface area contributed by atoms with Gasteiger partial charge in [-0.05, 0) is 43.7 Å². The van der Waals surface area contributed by atoms with Gasteiger partial charge in [0.25, 0.3) is 5.91 Å². The van der Waals surface area contributed by atoms with Gasteiger partial charge in [0, 0.05) is 17.3 Å². The molecule has 0 saturated carbocycles. The molecular formula is C16H25ClN2O. The smallest absolute Gasteiger partial charge is 0.251 e. The fourth-order valence-electron chi connectivity index (χ4n) is 1.91. The summed E-state index contributed by atoms with van der Waals surface area (Å²) < 4.78 is 0.